The average Bonchev–Trinajstić information content (AvgIpc) is 3.02. The van der Waals surface area contributed by atoms with Crippen LogP contribution in [-0.4, -0.2) is 19.6 Å². The highest BCUT2D eigenvalue weighted by atomic mass is 15.3. The zero-order chi connectivity index (χ0) is 14.7. The largest absolute Gasteiger partial charge is 0.271 e. The van der Waals surface area contributed by atoms with Crippen molar-refractivity contribution < 1.29 is 0 Å². The lowest BCUT2D eigenvalue weighted by Gasteiger charge is -2.16. The Hall–Kier alpha value is -1.66. The predicted molar refractivity (Wildman–Crippen MR) is 79.0 cm³/mol. The first-order valence-corrected chi connectivity index (χ1v) is 7.09. The van der Waals surface area contributed by atoms with Crippen LogP contribution in [0.1, 0.15) is 49.9 Å². The second-order valence-electron chi connectivity index (χ2n) is 5.33. The Bertz CT molecular complexity index is 554. The van der Waals surface area contributed by atoms with E-state index in [2.05, 4.69) is 42.5 Å². The van der Waals surface area contributed by atoms with Crippen LogP contribution < -0.4 is 11.3 Å². The molecule has 2 aromatic heterocycles. The van der Waals surface area contributed by atoms with Crippen LogP contribution in [0.25, 0.3) is 0 Å². The molecular formula is C14H24N6. The Labute approximate surface area is 119 Å². The molecule has 2 aromatic rings. The molecule has 6 nitrogen and oxygen atoms in total. The SMILES string of the molecule is CCn1nc(C)cc1C(Cc1ccn(C(C)C)n1)NN. The summed E-state index contributed by atoms with van der Waals surface area (Å²) in [6, 6.07) is 4.51. The van der Waals surface area contributed by atoms with Gasteiger partial charge in [-0.3, -0.25) is 20.6 Å². The van der Waals surface area contributed by atoms with Gasteiger partial charge in [0.15, 0.2) is 0 Å². The Balaban J connectivity index is 2.19. The minimum Gasteiger partial charge on any atom is -0.271 e. The summed E-state index contributed by atoms with van der Waals surface area (Å²) in [5.74, 6) is 5.73. The van der Waals surface area contributed by atoms with Crippen LogP contribution >= 0.6 is 0 Å². The van der Waals surface area contributed by atoms with Gasteiger partial charge in [0.2, 0.25) is 0 Å². The summed E-state index contributed by atoms with van der Waals surface area (Å²) < 4.78 is 3.95. The maximum absolute atomic E-state index is 5.73. The Morgan fingerprint density at radius 2 is 2.10 bits per heavy atom. The fraction of sp³-hybridized carbons (Fsp3) is 0.571. The number of hydrogen-bond donors (Lipinski definition) is 2. The van der Waals surface area contributed by atoms with Gasteiger partial charge in [-0.05, 0) is 39.8 Å². The molecule has 2 rings (SSSR count). The summed E-state index contributed by atoms with van der Waals surface area (Å²) in [5, 5.41) is 9.05. The van der Waals surface area contributed by atoms with Gasteiger partial charge in [-0.25, -0.2) is 0 Å². The van der Waals surface area contributed by atoms with Crippen molar-refractivity contribution >= 4 is 0 Å². The van der Waals surface area contributed by atoms with Crippen LogP contribution in [-0.2, 0) is 13.0 Å². The van der Waals surface area contributed by atoms with E-state index in [4.69, 9.17) is 5.84 Å². The molecule has 0 radical (unpaired) electrons. The van der Waals surface area contributed by atoms with Gasteiger partial charge in [-0.1, -0.05) is 0 Å². The number of rotatable bonds is 6. The molecule has 0 saturated carbocycles. The van der Waals surface area contributed by atoms with Crippen molar-refractivity contribution in [2.75, 3.05) is 0 Å². The molecule has 1 atom stereocenters. The van der Waals surface area contributed by atoms with Gasteiger partial charge >= 0.3 is 0 Å². The molecule has 2 heterocycles. The molecule has 3 N–H and O–H groups in total. The van der Waals surface area contributed by atoms with Gasteiger partial charge in [-0.2, -0.15) is 10.2 Å². The third kappa shape index (κ3) is 3.08. The highest BCUT2D eigenvalue weighted by Crippen LogP contribution is 2.18. The fourth-order valence-corrected chi connectivity index (χ4v) is 2.33. The lowest BCUT2D eigenvalue weighted by Crippen LogP contribution is -2.31. The molecule has 20 heavy (non-hydrogen) atoms. The second kappa shape index (κ2) is 6.19. The van der Waals surface area contributed by atoms with E-state index in [0.717, 1.165) is 30.0 Å². The van der Waals surface area contributed by atoms with Crippen molar-refractivity contribution in [2.45, 2.75) is 52.7 Å². The number of aryl methyl sites for hydroxylation is 2. The van der Waals surface area contributed by atoms with E-state index < -0.39 is 0 Å². The average molecular weight is 276 g/mol. The molecule has 0 aliphatic rings. The lowest BCUT2D eigenvalue weighted by molar-refractivity contribution is 0.476. The molecule has 0 fully saturated rings. The van der Waals surface area contributed by atoms with Crippen LogP contribution in [0, 0.1) is 6.92 Å². The number of hydrogen-bond acceptors (Lipinski definition) is 4. The van der Waals surface area contributed by atoms with Crippen molar-refractivity contribution in [3.05, 3.63) is 35.4 Å². The van der Waals surface area contributed by atoms with Crippen molar-refractivity contribution in [3.8, 4) is 0 Å². The zero-order valence-corrected chi connectivity index (χ0v) is 12.7. The number of nitrogens with one attached hydrogen (secondary N) is 1. The quantitative estimate of drug-likeness (QED) is 0.622. The molecule has 0 saturated heterocycles. The van der Waals surface area contributed by atoms with Gasteiger partial charge in [0.25, 0.3) is 0 Å². The summed E-state index contributed by atoms with van der Waals surface area (Å²) in [6.07, 6.45) is 2.76. The number of nitrogens with two attached hydrogens (primary N) is 1. The number of aromatic nitrogens is 4. The van der Waals surface area contributed by atoms with E-state index in [9.17, 15) is 0 Å². The zero-order valence-electron chi connectivity index (χ0n) is 12.7. The minimum absolute atomic E-state index is 0.0201. The monoisotopic (exact) mass is 276 g/mol. The molecule has 0 aliphatic heterocycles. The fourth-order valence-electron chi connectivity index (χ4n) is 2.33. The van der Waals surface area contributed by atoms with E-state index in [-0.39, 0.29) is 6.04 Å². The normalized spacial score (nSPS) is 13.1. The van der Waals surface area contributed by atoms with Crippen LogP contribution in [0.4, 0.5) is 0 Å². The van der Waals surface area contributed by atoms with E-state index in [1.165, 1.54) is 0 Å². The molecule has 6 heteroatoms. The number of nitrogens with zero attached hydrogens (tertiary/aromatic N) is 4. The van der Waals surface area contributed by atoms with Gasteiger partial charge < -0.3 is 0 Å². The molecule has 1 unspecified atom stereocenters. The van der Waals surface area contributed by atoms with Crippen LogP contribution in [0.3, 0.4) is 0 Å². The van der Waals surface area contributed by atoms with Crippen LogP contribution in [0.5, 0.6) is 0 Å². The highest BCUT2D eigenvalue weighted by Gasteiger charge is 2.17. The third-order valence-electron chi connectivity index (χ3n) is 3.40. The molecule has 0 amide bonds. The van der Waals surface area contributed by atoms with Crippen molar-refractivity contribution in [3.63, 3.8) is 0 Å². The van der Waals surface area contributed by atoms with Crippen LogP contribution in [0.2, 0.25) is 0 Å². The minimum atomic E-state index is 0.0201. The first-order chi connectivity index (χ1) is 9.55. The summed E-state index contributed by atoms with van der Waals surface area (Å²) in [5.41, 5.74) is 6.03. The molecule has 0 aliphatic carbocycles. The standard InChI is InChI=1S/C14H24N6/c1-5-19-14(8-11(4)17-19)13(16-15)9-12-6-7-20(18-12)10(2)3/h6-8,10,13,16H,5,9,15H2,1-4H3. The summed E-state index contributed by atoms with van der Waals surface area (Å²) >= 11 is 0. The Morgan fingerprint density at radius 1 is 1.35 bits per heavy atom. The maximum atomic E-state index is 5.73. The summed E-state index contributed by atoms with van der Waals surface area (Å²) in [4.78, 5) is 0. The highest BCUT2D eigenvalue weighted by molar-refractivity contribution is 5.16. The molecule has 110 valence electrons. The third-order valence-corrected chi connectivity index (χ3v) is 3.40. The molecule has 0 spiro atoms. The van der Waals surface area contributed by atoms with E-state index >= 15 is 0 Å². The molecule has 0 aromatic carbocycles. The lowest BCUT2D eigenvalue weighted by atomic mass is 10.1. The van der Waals surface area contributed by atoms with Crippen molar-refractivity contribution in [2.24, 2.45) is 5.84 Å². The van der Waals surface area contributed by atoms with Gasteiger partial charge in [0, 0.05) is 25.2 Å². The van der Waals surface area contributed by atoms with Crippen LogP contribution in [0.15, 0.2) is 18.3 Å². The predicted octanol–water partition coefficient (Wildman–Crippen LogP) is 1.74. The first-order valence-electron chi connectivity index (χ1n) is 7.09. The van der Waals surface area contributed by atoms with E-state index in [1.54, 1.807) is 0 Å². The van der Waals surface area contributed by atoms with E-state index in [0.29, 0.717) is 6.04 Å². The van der Waals surface area contributed by atoms with Crippen molar-refractivity contribution in [1.29, 1.82) is 0 Å². The maximum Gasteiger partial charge on any atom is 0.0685 e. The van der Waals surface area contributed by atoms with Gasteiger partial charge in [0.05, 0.1) is 23.1 Å². The van der Waals surface area contributed by atoms with Gasteiger partial charge in [0.1, 0.15) is 0 Å². The second-order valence-corrected chi connectivity index (χ2v) is 5.33. The molecule has 0 bridgehead atoms. The summed E-state index contributed by atoms with van der Waals surface area (Å²) in [6.45, 7) is 9.14. The Kier molecular flexibility index (Phi) is 4.57. The molecular weight excluding hydrogens is 252 g/mol. The first kappa shape index (κ1) is 14.7. The summed E-state index contributed by atoms with van der Waals surface area (Å²) in [7, 11) is 0. The van der Waals surface area contributed by atoms with Crippen molar-refractivity contribution in [1.82, 2.24) is 25.0 Å². The number of hydrazine groups is 1. The van der Waals surface area contributed by atoms with Gasteiger partial charge in [-0.15, -0.1) is 0 Å². The topological polar surface area (TPSA) is 73.7 Å². The smallest absolute Gasteiger partial charge is 0.0685 e. The van der Waals surface area contributed by atoms with E-state index in [1.807, 2.05) is 28.6 Å². The Morgan fingerprint density at radius 3 is 2.65 bits per heavy atom.